The van der Waals surface area contributed by atoms with Crippen molar-refractivity contribution in [3.05, 3.63) is 87.9 Å². The van der Waals surface area contributed by atoms with Crippen molar-refractivity contribution in [3.8, 4) is 5.75 Å². The number of amides is 2. The van der Waals surface area contributed by atoms with Gasteiger partial charge in [-0.15, -0.1) is 0 Å². The minimum Gasteiger partial charge on any atom is -0.496 e. The Kier molecular flexibility index (Phi) is 5.29. The number of fused-ring (bicyclic) bond motifs is 2. The molecule has 34 heavy (non-hydrogen) atoms. The number of carbonyl (C=O) groups excluding carboxylic acids is 2. The molecule has 5 rings (SSSR count). The number of carboxylic acid groups (broad SMARTS) is 1. The van der Waals surface area contributed by atoms with Crippen LogP contribution in [0.25, 0.3) is 0 Å². The zero-order valence-corrected chi connectivity index (χ0v) is 19.1. The fraction of sp³-hybridized carbons (Fsp3) is 0.192. The SMILES string of the molecule is COc1ccc(Cl)cc1CN1C(=O)C2(CC2)c2ccc(C(=O)Nc3ccc(C(=O)O)cc3)cc21. The second-order valence-corrected chi connectivity index (χ2v) is 8.93. The molecule has 0 unspecified atom stereocenters. The summed E-state index contributed by atoms with van der Waals surface area (Å²) in [5, 5.41) is 12.4. The molecule has 172 valence electrons. The van der Waals surface area contributed by atoms with E-state index in [9.17, 15) is 14.4 Å². The van der Waals surface area contributed by atoms with Crippen molar-refractivity contribution in [1.82, 2.24) is 0 Å². The number of halogens is 1. The summed E-state index contributed by atoms with van der Waals surface area (Å²) in [6, 6.07) is 16.5. The van der Waals surface area contributed by atoms with Crippen LogP contribution in [0.4, 0.5) is 11.4 Å². The van der Waals surface area contributed by atoms with Crippen molar-refractivity contribution >= 4 is 40.8 Å². The molecule has 2 amide bonds. The van der Waals surface area contributed by atoms with Crippen molar-refractivity contribution in [2.24, 2.45) is 0 Å². The van der Waals surface area contributed by atoms with Crippen LogP contribution in [0, 0.1) is 0 Å². The molecule has 0 saturated heterocycles. The van der Waals surface area contributed by atoms with Gasteiger partial charge >= 0.3 is 5.97 Å². The lowest BCUT2D eigenvalue weighted by Gasteiger charge is -2.20. The third-order valence-electron chi connectivity index (χ3n) is 6.43. The van der Waals surface area contributed by atoms with Crippen LogP contribution in [0.1, 0.15) is 44.7 Å². The Bertz CT molecular complexity index is 1330. The normalized spacial score (nSPS) is 15.2. The van der Waals surface area contributed by atoms with Crippen molar-refractivity contribution in [1.29, 1.82) is 0 Å². The number of benzene rings is 3. The van der Waals surface area contributed by atoms with Gasteiger partial charge in [0, 0.05) is 27.5 Å². The molecule has 1 heterocycles. The van der Waals surface area contributed by atoms with Crippen molar-refractivity contribution in [2.75, 3.05) is 17.3 Å². The van der Waals surface area contributed by atoms with Crippen molar-refractivity contribution in [3.63, 3.8) is 0 Å². The summed E-state index contributed by atoms with van der Waals surface area (Å²) in [5.41, 5.74) is 2.92. The van der Waals surface area contributed by atoms with Gasteiger partial charge in [-0.3, -0.25) is 9.59 Å². The van der Waals surface area contributed by atoms with Crippen LogP contribution >= 0.6 is 11.6 Å². The standard InChI is InChI=1S/C26H21ClN2O5/c1-34-22-9-5-18(27)12-17(22)14-29-21-13-16(4-8-20(21)26(10-11-26)25(29)33)23(30)28-19-6-2-15(3-7-19)24(31)32/h2-9,12-13H,10-11,14H2,1H3,(H,28,30)(H,31,32). The van der Waals surface area contributed by atoms with Crippen LogP contribution in [0.5, 0.6) is 5.75 Å². The Balaban J connectivity index is 1.45. The van der Waals surface area contributed by atoms with E-state index in [-0.39, 0.29) is 23.9 Å². The number of carbonyl (C=O) groups is 3. The highest BCUT2D eigenvalue weighted by atomic mass is 35.5. The minimum atomic E-state index is -1.04. The van der Waals surface area contributed by atoms with Gasteiger partial charge in [0.05, 0.1) is 24.6 Å². The molecule has 7 nitrogen and oxygen atoms in total. The summed E-state index contributed by atoms with van der Waals surface area (Å²) in [7, 11) is 1.57. The molecule has 3 aromatic rings. The summed E-state index contributed by atoms with van der Waals surface area (Å²) in [5.74, 6) is -0.734. The van der Waals surface area contributed by atoms with E-state index in [2.05, 4.69) is 5.32 Å². The third kappa shape index (κ3) is 3.68. The number of hydrogen-bond acceptors (Lipinski definition) is 4. The molecule has 1 saturated carbocycles. The summed E-state index contributed by atoms with van der Waals surface area (Å²) in [6.07, 6.45) is 1.56. The van der Waals surface area contributed by atoms with Gasteiger partial charge in [-0.25, -0.2) is 4.79 Å². The first-order valence-electron chi connectivity index (χ1n) is 10.8. The van der Waals surface area contributed by atoms with E-state index in [1.807, 2.05) is 6.07 Å². The summed E-state index contributed by atoms with van der Waals surface area (Å²) in [6.45, 7) is 0.277. The van der Waals surface area contributed by atoms with Crippen molar-refractivity contribution < 1.29 is 24.2 Å². The molecule has 1 spiro atoms. The van der Waals surface area contributed by atoms with Crippen LogP contribution in [-0.2, 0) is 16.8 Å². The molecule has 0 bridgehead atoms. The summed E-state index contributed by atoms with van der Waals surface area (Å²) >= 11 is 6.19. The number of carboxylic acids is 1. The molecule has 1 aliphatic carbocycles. The van der Waals surface area contributed by atoms with Gasteiger partial charge in [-0.1, -0.05) is 17.7 Å². The van der Waals surface area contributed by atoms with Gasteiger partial charge in [0.25, 0.3) is 5.91 Å². The van der Waals surface area contributed by atoms with Crippen molar-refractivity contribution in [2.45, 2.75) is 24.8 Å². The second-order valence-electron chi connectivity index (χ2n) is 8.50. The second kappa shape index (κ2) is 8.18. The Morgan fingerprint density at radius 3 is 2.41 bits per heavy atom. The Labute approximate surface area is 200 Å². The van der Waals surface area contributed by atoms with Crippen LogP contribution in [0.15, 0.2) is 60.7 Å². The quantitative estimate of drug-likeness (QED) is 0.528. The van der Waals surface area contributed by atoms with Crippen LogP contribution in [0.2, 0.25) is 5.02 Å². The van der Waals surface area contributed by atoms with E-state index in [0.717, 1.165) is 24.0 Å². The van der Waals surface area contributed by atoms with Gasteiger partial charge in [-0.2, -0.15) is 0 Å². The van der Waals surface area contributed by atoms with E-state index in [0.29, 0.717) is 27.7 Å². The molecule has 0 radical (unpaired) electrons. The lowest BCUT2D eigenvalue weighted by molar-refractivity contribution is -0.120. The Morgan fingerprint density at radius 1 is 1.06 bits per heavy atom. The number of anilines is 2. The number of aromatic carboxylic acids is 1. The molecule has 0 atom stereocenters. The van der Waals surface area contributed by atoms with Gasteiger partial charge < -0.3 is 20.1 Å². The molecule has 2 N–H and O–H groups in total. The van der Waals surface area contributed by atoms with Crippen LogP contribution < -0.4 is 15.0 Å². The number of nitrogens with one attached hydrogen (secondary N) is 1. The average Bonchev–Trinajstić information content (AvgIpc) is 3.60. The number of nitrogens with zero attached hydrogens (tertiary/aromatic N) is 1. The van der Waals surface area contributed by atoms with Gasteiger partial charge in [0.15, 0.2) is 0 Å². The lowest BCUT2D eigenvalue weighted by atomic mass is 9.96. The minimum absolute atomic E-state index is 0.0198. The maximum absolute atomic E-state index is 13.4. The summed E-state index contributed by atoms with van der Waals surface area (Å²) < 4.78 is 5.46. The molecular formula is C26H21ClN2O5. The molecule has 8 heteroatoms. The van der Waals surface area contributed by atoms with E-state index < -0.39 is 11.4 Å². The summed E-state index contributed by atoms with van der Waals surface area (Å²) in [4.78, 5) is 39.1. The Hall–Kier alpha value is -3.84. The first-order chi connectivity index (χ1) is 16.3. The fourth-order valence-electron chi connectivity index (χ4n) is 4.49. The Morgan fingerprint density at radius 2 is 1.76 bits per heavy atom. The van der Waals surface area contributed by atoms with Gasteiger partial charge in [0.2, 0.25) is 5.91 Å². The predicted octanol–water partition coefficient (Wildman–Crippen LogP) is 4.88. The van der Waals surface area contributed by atoms with Crippen LogP contribution in [0.3, 0.4) is 0 Å². The van der Waals surface area contributed by atoms with E-state index in [1.54, 1.807) is 42.3 Å². The molecule has 1 aliphatic heterocycles. The third-order valence-corrected chi connectivity index (χ3v) is 6.67. The highest BCUT2D eigenvalue weighted by Crippen LogP contribution is 2.57. The number of rotatable bonds is 6. The predicted molar refractivity (Wildman–Crippen MR) is 128 cm³/mol. The fourth-order valence-corrected chi connectivity index (χ4v) is 4.68. The molecule has 3 aromatic carbocycles. The number of hydrogen-bond donors (Lipinski definition) is 2. The lowest BCUT2D eigenvalue weighted by Crippen LogP contribution is -2.31. The maximum atomic E-state index is 13.4. The number of ether oxygens (including phenoxy) is 1. The zero-order valence-electron chi connectivity index (χ0n) is 18.3. The molecule has 0 aromatic heterocycles. The highest BCUT2D eigenvalue weighted by molar-refractivity contribution is 6.30. The monoisotopic (exact) mass is 476 g/mol. The van der Waals surface area contributed by atoms with E-state index >= 15 is 0 Å². The largest absolute Gasteiger partial charge is 0.496 e. The van der Waals surface area contributed by atoms with E-state index in [4.69, 9.17) is 21.4 Å². The zero-order chi connectivity index (χ0) is 24.0. The average molecular weight is 477 g/mol. The first kappa shape index (κ1) is 22.0. The van der Waals surface area contributed by atoms with Gasteiger partial charge in [-0.05, 0) is 73.0 Å². The van der Waals surface area contributed by atoms with Crippen LogP contribution in [-0.4, -0.2) is 30.0 Å². The smallest absolute Gasteiger partial charge is 0.335 e. The molecule has 2 aliphatic rings. The first-order valence-corrected chi connectivity index (χ1v) is 11.1. The molecule has 1 fully saturated rings. The highest BCUT2D eigenvalue weighted by Gasteiger charge is 2.59. The van der Waals surface area contributed by atoms with Gasteiger partial charge in [0.1, 0.15) is 5.75 Å². The van der Waals surface area contributed by atoms with E-state index in [1.165, 1.54) is 24.3 Å². The molecular weight excluding hydrogens is 456 g/mol. The maximum Gasteiger partial charge on any atom is 0.335 e. The number of methoxy groups -OCH3 is 1. The topological polar surface area (TPSA) is 95.9 Å².